The first-order valence-corrected chi connectivity index (χ1v) is 5.06. The third-order valence-electron chi connectivity index (χ3n) is 1.38. The maximum absolute atomic E-state index is 4.11. The first-order chi connectivity index (χ1) is 4.97. The molecule has 0 radical (unpaired) electrons. The van der Waals surface area contributed by atoms with Crippen LogP contribution >= 0.6 is 23.5 Å². The first kappa shape index (κ1) is 6.55. The number of nitrogens with zero attached hydrogens (tertiary/aromatic N) is 1. The minimum Gasteiger partial charge on any atom is -0.267 e. The molecule has 0 saturated heterocycles. The van der Waals surface area contributed by atoms with Crippen molar-refractivity contribution in [2.45, 2.75) is 5.25 Å². The summed E-state index contributed by atoms with van der Waals surface area (Å²) in [5.74, 6) is 1.11. The van der Waals surface area contributed by atoms with E-state index in [1.54, 1.807) is 11.8 Å². The summed E-state index contributed by atoms with van der Waals surface area (Å²) in [6, 6.07) is 0. The van der Waals surface area contributed by atoms with Crippen LogP contribution < -0.4 is 0 Å². The highest BCUT2D eigenvalue weighted by atomic mass is 32.2. The molecule has 2 aliphatic rings. The van der Waals surface area contributed by atoms with E-state index in [9.17, 15) is 0 Å². The van der Waals surface area contributed by atoms with Gasteiger partial charge in [0.15, 0.2) is 0 Å². The van der Waals surface area contributed by atoms with E-state index in [1.807, 2.05) is 24.2 Å². The molecule has 2 heterocycles. The van der Waals surface area contributed by atoms with E-state index in [4.69, 9.17) is 0 Å². The number of hydrogen-bond donors (Lipinski definition) is 0. The molecule has 0 amide bonds. The van der Waals surface area contributed by atoms with E-state index in [2.05, 4.69) is 16.5 Å². The SMILES string of the molecule is C1=CSC2=CN=CC2SC1. The summed E-state index contributed by atoms with van der Waals surface area (Å²) in [6.45, 7) is 0. The molecular weight excluding hydrogens is 162 g/mol. The average Bonchev–Trinajstić information content (AvgIpc) is 2.28. The molecule has 52 valence electrons. The molecule has 0 N–H and O–H groups in total. The lowest BCUT2D eigenvalue weighted by atomic mass is 10.5. The van der Waals surface area contributed by atoms with E-state index in [0.717, 1.165) is 5.75 Å². The highest BCUT2D eigenvalue weighted by molar-refractivity contribution is 8.09. The van der Waals surface area contributed by atoms with Crippen LogP contribution in [0.15, 0.2) is 27.6 Å². The fraction of sp³-hybridized carbons (Fsp3) is 0.286. The van der Waals surface area contributed by atoms with Crippen LogP contribution in [0, 0.1) is 0 Å². The molecule has 0 fully saturated rings. The summed E-state index contributed by atoms with van der Waals surface area (Å²) in [6.07, 6.45) is 6.17. The van der Waals surface area contributed by atoms with Gasteiger partial charge in [-0.05, 0) is 5.41 Å². The predicted octanol–water partition coefficient (Wildman–Crippen LogP) is 2.27. The fourth-order valence-electron chi connectivity index (χ4n) is 0.889. The fourth-order valence-corrected chi connectivity index (χ4v) is 2.84. The van der Waals surface area contributed by atoms with E-state index < -0.39 is 0 Å². The molecule has 0 bridgehead atoms. The van der Waals surface area contributed by atoms with Crippen molar-refractivity contribution in [3.8, 4) is 0 Å². The lowest BCUT2D eigenvalue weighted by Crippen LogP contribution is -2.00. The number of rotatable bonds is 0. The van der Waals surface area contributed by atoms with Crippen LogP contribution in [0.1, 0.15) is 0 Å². The monoisotopic (exact) mass is 169 g/mol. The molecule has 1 atom stereocenters. The van der Waals surface area contributed by atoms with Crippen molar-refractivity contribution in [2.75, 3.05) is 5.75 Å². The number of hydrogen-bond acceptors (Lipinski definition) is 3. The van der Waals surface area contributed by atoms with Crippen LogP contribution in [0.2, 0.25) is 0 Å². The van der Waals surface area contributed by atoms with Gasteiger partial charge in [0.05, 0.1) is 5.25 Å². The highest BCUT2D eigenvalue weighted by Gasteiger charge is 2.16. The number of aliphatic imine (C=N–C) groups is 1. The van der Waals surface area contributed by atoms with Crippen molar-refractivity contribution in [3.05, 3.63) is 22.6 Å². The molecule has 0 aromatic rings. The summed E-state index contributed by atoms with van der Waals surface area (Å²) in [4.78, 5) is 5.48. The largest absolute Gasteiger partial charge is 0.267 e. The molecular formula is C7H7NS2. The summed E-state index contributed by atoms with van der Waals surface area (Å²) < 4.78 is 0. The Morgan fingerprint density at radius 2 is 2.60 bits per heavy atom. The van der Waals surface area contributed by atoms with Gasteiger partial charge < -0.3 is 0 Å². The predicted molar refractivity (Wildman–Crippen MR) is 49.6 cm³/mol. The van der Waals surface area contributed by atoms with Crippen molar-refractivity contribution < 1.29 is 0 Å². The second-order valence-electron chi connectivity index (χ2n) is 2.07. The second kappa shape index (κ2) is 2.84. The Labute approximate surface area is 68.7 Å². The van der Waals surface area contributed by atoms with Crippen LogP contribution in [0.25, 0.3) is 0 Å². The standard InChI is InChI=1S/C7H7NS2/c1-2-9-6-4-8-5-7(6)10-3-1/h1-2,4-5,7H,3H2. The molecule has 10 heavy (non-hydrogen) atoms. The van der Waals surface area contributed by atoms with E-state index in [-0.39, 0.29) is 0 Å². The smallest absolute Gasteiger partial charge is 0.0730 e. The Bertz CT molecular complexity index is 218. The minimum absolute atomic E-state index is 0.542. The molecule has 0 aromatic carbocycles. The summed E-state index contributed by atoms with van der Waals surface area (Å²) >= 11 is 3.72. The normalized spacial score (nSPS) is 29.6. The van der Waals surface area contributed by atoms with Gasteiger partial charge in [0.2, 0.25) is 0 Å². The van der Waals surface area contributed by atoms with Gasteiger partial charge in [0.1, 0.15) is 0 Å². The van der Waals surface area contributed by atoms with Crippen LogP contribution in [-0.2, 0) is 0 Å². The van der Waals surface area contributed by atoms with Gasteiger partial charge in [0, 0.05) is 23.1 Å². The van der Waals surface area contributed by atoms with Crippen molar-refractivity contribution in [1.29, 1.82) is 0 Å². The molecule has 3 heteroatoms. The second-order valence-corrected chi connectivity index (χ2v) is 4.23. The average molecular weight is 169 g/mol. The molecule has 0 spiro atoms. The summed E-state index contributed by atoms with van der Waals surface area (Å²) in [7, 11) is 0. The van der Waals surface area contributed by atoms with Gasteiger partial charge in [-0.25, -0.2) is 0 Å². The summed E-state index contributed by atoms with van der Waals surface area (Å²) in [5.41, 5.74) is 0. The van der Waals surface area contributed by atoms with E-state index in [0.29, 0.717) is 5.25 Å². The first-order valence-electron chi connectivity index (χ1n) is 3.13. The van der Waals surface area contributed by atoms with Crippen LogP contribution in [0.3, 0.4) is 0 Å². The van der Waals surface area contributed by atoms with Gasteiger partial charge in [-0.2, -0.15) is 0 Å². The molecule has 0 saturated carbocycles. The molecule has 1 unspecified atom stereocenters. The van der Waals surface area contributed by atoms with Gasteiger partial charge in [0.25, 0.3) is 0 Å². The molecule has 0 aliphatic carbocycles. The van der Waals surface area contributed by atoms with Crippen LogP contribution in [-0.4, -0.2) is 17.2 Å². The maximum Gasteiger partial charge on any atom is 0.0730 e. The minimum atomic E-state index is 0.542. The zero-order valence-electron chi connectivity index (χ0n) is 5.36. The molecule has 2 aliphatic heterocycles. The van der Waals surface area contributed by atoms with Crippen molar-refractivity contribution in [1.82, 2.24) is 0 Å². The van der Waals surface area contributed by atoms with Crippen molar-refractivity contribution >= 4 is 29.7 Å². The van der Waals surface area contributed by atoms with Gasteiger partial charge in [-0.15, -0.1) is 11.8 Å². The van der Waals surface area contributed by atoms with E-state index >= 15 is 0 Å². The quantitative estimate of drug-likeness (QED) is 0.551. The number of fused-ring (bicyclic) bond motifs is 1. The summed E-state index contributed by atoms with van der Waals surface area (Å²) in [5, 5.41) is 2.69. The van der Waals surface area contributed by atoms with Gasteiger partial charge in [-0.1, -0.05) is 17.8 Å². The topological polar surface area (TPSA) is 12.4 Å². The maximum atomic E-state index is 4.11. The van der Waals surface area contributed by atoms with Crippen LogP contribution in [0.4, 0.5) is 0 Å². The number of thioether (sulfide) groups is 2. The van der Waals surface area contributed by atoms with Crippen LogP contribution in [0.5, 0.6) is 0 Å². The Hall–Kier alpha value is -0.150. The van der Waals surface area contributed by atoms with Gasteiger partial charge in [-0.3, -0.25) is 4.99 Å². The molecule has 2 rings (SSSR count). The van der Waals surface area contributed by atoms with E-state index in [1.165, 1.54) is 4.91 Å². The lowest BCUT2D eigenvalue weighted by molar-refractivity contribution is 1.56. The Balaban J connectivity index is 2.18. The Kier molecular flexibility index (Phi) is 1.86. The third kappa shape index (κ3) is 1.16. The van der Waals surface area contributed by atoms with Crippen molar-refractivity contribution in [3.63, 3.8) is 0 Å². The molecule has 0 aromatic heterocycles. The van der Waals surface area contributed by atoms with Crippen molar-refractivity contribution in [2.24, 2.45) is 4.99 Å². The van der Waals surface area contributed by atoms with Gasteiger partial charge >= 0.3 is 0 Å². The third-order valence-corrected chi connectivity index (χ3v) is 3.60. The zero-order valence-corrected chi connectivity index (χ0v) is 6.99. The molecule has 1 nitrogen and oxygen atoms in total. The Morgan fingerprint density at radius 3 is 3.60 bits per heavy atom. The Morgan fingerprint density at radius 1 is 1.60 bits per heavy atom. The zero-order chi connectivity index (χ0) is 6.81. The highest BCUT2D eigenvalue weighted by Crippen LogP contribution is 2.33. The lowest BCUT2D eigenvalue weighted by Gasteiger charge is -2.03.